The molecular weight excluding hydrogens is 545 g/mol. The van der Waals surface area contributed by atoms with Crippen molar-refractivity contribution in [1.82, 2.24) is 24.9 Å². The second-order valence-corrected chi connectivity index (χ2v) is 10.7. The Kier molecular flexibility index (Phi) is 6.70. The molecule has 0 saturated carbocycles. The topological polar surface area (TPSA) is 101 Å². The maximum atomic E-state index is 12.3. The average Bonchev–Trinajstić information content (AvgIpc) is 3.30. The van der Waals surface area contributed by atoms with Gasteiger partial charge in [-0.15, -0.1) is 0 Å². The second kappa shape index (κ2) is 10.2. The molecule has 10 heteroatoms. The van der Waals surface area contributed by atoms with Crippen molar-refractivity contribution in [2.75, 3.05) is 24.5 Å². The van der Waals surface area contributed by atoms with Gasteiger partial charge in [0.05, 0.1) is 16.1 Å². The number of hydrogen-bond acceptors (Lipinski definition) is 6. The summed E-state index contributed by atoms with van der Waals surface area (Å²) in [7, 11) is 0. The van der Waals surface area contributed by atoms with E-state index < -0.39 is 11.4 Å². The third-order valence-electron chi connectivity index (χ3n) is 7.27. The van der Waals surface area contributed by atoms with Crippen LogP contribution in [0.5, 0.6) is 0 Å². The molecule has 1 amide bonds. The Morgan fingerprint density at radius 1 is 1.00 bits per heavy atom. The number of fused-ring (bicyclic) bond motifs is 1. The van der Waals surface area contributed by atoms with Gasteiger partial charge in [0.2, 0.25) is 11.9 Å². The molecule has 0 bridgehead atoms. The van der Waals surface area contributed by atoms with Crippen LogP contribution >= 0.6 is 23.2 Å². The first-order chi connectivity index (χ1) is 19.3. The van der Waals surface area contributed by atoms with E-state index >= 15 is 0 Å². The highest BCUT2D eigenvalue weighted by molar-refractivity contribution is 6.33. The number of anilines is 1. The Balaban J connectivity index is 1.51. The van der Waals surface area contributed by atoms with E-state index in [1.807, 2.05) is 80.6 Å². The van der Waals surface area contributed by atoms with Crippen molar-refractivity contribution in [2.45, 2.75) is 19.4 Å². The number of rotatable bonds is 7. The fraction of sp³-hybridized carbons (Fsp3) is 0.200. The number of benzene rings is 3. The number of halogens is 2. The van der Waals surface area contributed by atoms with Crippen molar-refractivity contribution in [2.24, 2.45) is 5.73 Å². The molecule has 1 fully saturated rings. The van der Waals surface area contributed by atoms with Crippen molar-refractivity contribution in [1.29, 1.82) is 0 Å². The van der Waals surface area contributed by atoms with Crippen LogP contribution in [0.25, 0.3) is 28.0 Å². The van der Waals surface area contributed by atoms with Crippen LogP contribution in [-0.4, -0.2) is 45.1 Å². The van der Waals surface area contributed by atoms with Crippen molar-refractivity contribution in [3.8, 4) is 22.4 Å². The minimum atomic E-state index is -0.469. The summed E-state index contributed by atoms with van der Waals surface area (Å²) in [6.45, 7) is 5.77. The normalized spacial score (nSPS) is 14.3. The minimum Gasteiger partial charge on any atom is -0.366 e. The Labute approximate surface area is 241 Å². The number of aromatic nitrogens is 4. The van der Waals surface area contributed by atoms with Crippen LogP contribution in [0.3, 0.4) is 0 Å². The van der Waals surface area contributed by atoms with Gasteiger partial charge in [0.1, 0.15) is 11.5 Å². The lowest BCUT2D eigenvalue weighted by Crippen LogP contribution is -2.67. The molecule has 0 radical (unpaired) electrons. The van der Waals surface area contributed by atoms with Gasteiger partial charge in [-0.2, -0.15) is 14.6 Å². The lowest BCUT2D eigenvalue weighted by Gasteiger charge is -2.51. The number of nitrogens with one attached hydrogen (secondary N) is 1. The van der Waals surface area contributed by atoms with Crippen LogP contribution < -0.4 is 16.0 Å². The first kappa shape index (κ1) is 26.3. The van der Waals surface area contributed by atoms with E-state index in [4.69, 9.17) is 44.0 Å². The number of amides is 1. The van der Waals surface area contributed by atoms with Gasteiger partial charge in [0.15, 0.2) is 5.65 Å². The van der Waals surface area contributed by atoms with E-state index in [0.29, 0.717) is 51.8 Å². The number of hydrogen-bond donors (Lipinski definition) is 2. The van der Waals surface area contributed by atoms with E-state index in [2.05, 4.69) is 10.2 Å². The van der Waals surface area contributed by atoms with Crippen LogP contribution in [0.15, 0.2) is 72.8 Å². The zero-order valence-electron chi connectivity index (χ0n) is 22.0. The molecule has 0 unspecified atom stereocenters. The summed E-state index contributed by atoms with van der Waals surface area (Å²) >= 11 is 12.9. The minimum absolute atomic E-state index is 0.448. The van der Waals surface area contributed by atoms with Gasteiger partial charge in [-0.05, 0) is 48.9 Å². The summed E-state index contributed by atoms with van der Waals surface area (Å²) in [5, 5.41) is 9.86. The molecule has 6 rings (SSSR count). The number of aryl methyl sites for hydroxylation is 1. The Bertz CT molecular complexity index is 1740. The molecule has 3 aromatic carbocycles. The molecule has 3 heterocycles. The zero-order valence-corrected chi connectivity index (χ0v) is 23.5. The third kappa shape index (κ3) is 4.38. The number of nitrogens with zero attached hydrogens (tertiary/aromatic N) is 5. The Morgan fingerprint density at radius 2 is 1.70 bits per heavy atom. The lowest BCUT2D eigenvalue weighted by molar-refractivity contribution is 0.0995. The van der Waals surface area contributed by atoms with Gasteiger partial charge in [0.25, 0.3) is 0 Å². The quantitative estimate of drug-likeness (QED) is 0.267. The summed E-state index contributed by atoms with van der Waals surface area (Å²) in [6, 6.07) is 22.7. The van der Waals surface area contributed by atoms with Crippen molar-refractivity contribution in [3.05, 3.63) is 99.8 Å². The number of primary amides is 1. The molecule has 40 heavy (non-hydrogen) atoms. The maximum Gasteiger partial charge on any atom is 0.249 e. The summed E-state index contributed by atoms with van der Waals surface area (Å²) in [4.78, 5) is 24.1. The summed E-state index contributed by atoms with van der Waals surface area (Å²) in [6.07, 6.45) is 0. The highest BCUT2D eigenvalue weighted by atomic mass is 35.5. The standard InChI is InChI=1S/C30H27Cl2N7O/c1-3-34-30(23-10-6-4-8-21(23)27(33)40)16-38(17-30)29-36-18(2)35-28-25(19-12-14-20(31)15-13-19)26(37-39(28)29)22-9-5-7-11-24(22)32/h4-15,34H,3,16-17H2,1-2H3,(H2,33,40). The molecule has 0 atom stereocenters. The van der Waals surface area contributed by atoms with Crippen LogP contribution in [0.2, 0.25) is 10.0 Å². The highest BCUT2D eigenvalue weighted by Crippen LogP contribution is 2.41. The van der Waals surface area contributed by atoms with E-state index in [1.54, 1.807) is 10.6 Å². The first-order valence-corrected chi connectivity index (χ1v) is 13.7. The maximum absolute atomic E-state index is 12.3. The molecule has 2 aromatic heterocycles. The average molecular weight is 572 g/mol. The van der Waals surface area contributed by atoms with Crippen LogP contribution in [0.1, 0.15) is 28.7 Å². The molecule has 5 aromatic rings. The number of carbonyl (C=O) groups is 1. The molecule has 1 aliphatic heterocycles. The summed E-state index contributed by atoms with van der Waals surface area (Å²) < 4.78 is 1.78. The second-order valence-electron chi connectivity index (χ2n) is 9.89. The first-order valence-electron chi connectivity index (χ1n) is 13.0. The molecule has 3 N–H and O–H groups in total. The molecular formula is C30H27Cl2N7O. The van der Waals surface area contributed by atoms with Crippen LogP contribution in [0, 0.1) is 6.92 Å². The highest BCUT2D eigenvalue weighted by Gasteiger charge is 2.47. The van der Waals surface area contributed by atoms with Gasteiger partial charge < -0.3 is 16.0 Å². The van der Waals surface area contributed by atoms with E-state index in [1.165, 1.54) is 0 Å². The molecule has 0 spiro atoms. The number of likely N-dealkylation sites (N-methyl/N-ethyl adjacent to an activating group) is 1. The predicted octanol–water partition coefficient (Wildman–Crippen LogP) is 5.50. The number of carbonyl (C=O) groups excluding carboxylic acids is 1. The van der Waals surface area contributed by atoms with Gasteiger partial charge in [0, 0.05) is 29.2 Å². The summed E-state index contributed by atoms with van der Waals surface area (Å²) in [5.74, 6) is 0.818. The fourth-order valence-corrected chi connectivity index (χ4v) is 5.88. The smallest absolute Gasteiger partial charge is 0.249 e. The summed E-state index contributed by atoms with van der Waals surface area (Å²) in [5.41, 5.74) is 10.6. The number of nitrogens with two attached hydrogens (primary N) is 1. The van der Waals surface area contributed by atoms with Gasteiger partial charge in [-0.25, -0.2) is 4.98 Å². The van der Waals surface area contributed by atoms with Crippen LogP contribution in [-0.2, 0) is 5.54 Å². The van der Waals surface area contributed by atoms with E-state index in [9.17, 15) is 4.79 Å². The van der Waals surface area contributed by atoms with Crippen LogP contribution in [0.4, 0.5) is 5.95 Å². The van der Waals surface area contributed by atoms with Gasteiger partial charge >= 0.3 is 0 Å². The van der Waals surface area contributed by atoms with E-state index in [0.717, 1.165) is 28.8 Å². The predicted molar refractivity (Wildman–Crippen MR) is 159 cm³/mol. The van der Waals surface area contributed by atoms with Crippen molar-refractivity contribution >= 4 is 40.7 Å². The molecule has 8 nitrogen and oxygen atoms in total. The van der Waals surface area contributed by atoms with E-state index in [-0.39, 0.29) is 0 Å². The zero-order chi connectivity index (χ0) is 28.0. The lowest BCUT2D eigenvalue weighted by atomic mass is 9.79. The Morgan fingerprint density at radius 3 is 2.40 bits per heavy atom. The monoisotopic (exact) mass is 571 g/mol. The Hall–Kier alpha value is -3.98. The largest absolute Gasteiger partial charge is 0.366 e. The molecule has 1 aliphatic rings. The van der Waals surface area contributed by atoms with Crippen molar-refractivity contribution < 1.29 is 4.79 Å². The molecule has 1 saturated heterocycles. The van der Waals surface area contributed by atoms with Crippen molar-refractivity contribution in [3.63, 3.8) is 0 Å². The van der Waals surface area contributed by atoms with Gasteiger partial charge in [-0.1, -0.05) is 78.7 Å². The third-order valence-corrected chi connectivity index (χ3v) is 7.85. The SMILES string of the molecule is CCNC1(c2ccccc2C(N)=O)CN(c2nc(C)nc3c(-c4ccc(Cl)cc4)c(-c4ccccc4Cl)nn23)C1. The van der Waals surface area contributed by atoms with Gasteiger partial charge in [-0.3, -0.25) is 4.79 Å². The molecule has 202 valence electrons. The fourth-order valence-electron chi connectivity index (χ4n) is 5.53. The molecule has 0 aliphatic carbocycles.